The third kappa shape index (κ3) is 3.30. The van der Waals surface area contributed by atoms with E-state index in [1.165, 1.54) is 10.6 Å². The molecule has 1 aromatic carbocycles. The van der Waals surface area contributed by atoms with Crippen LogP contribution in [0.5, 0.6) is 5.75 Å². The van der Waals surface area contributed by atoms with E-state index in [9.17, 15) is 4.79 Å². The summed E-state index contributed by atoms with van der Waals surface area (Å²) in [6.45, 7) is 2.35. The summed E-state index contributed by atoms with van der Waals surface area (Å²) in [5.41, 5.74) is 1.23. The highest BCUT2D eigenvalue weighted by Gasteiger charge is 2.08. The summed E-state index contributed by atoms with van der Waals surface area (Å²) in [5.74, 6) is 0.675. The van der Waals surface area contributed by atoms with Crippen LogP contribution < -0.4 is 10.3 Å². The van der Waals surface area contributed by atoms with E-state index in [1.807, 2.05) is 13.0 Å². The molecule has 0 unspecified atom stereocenters. The summed E-state index contributed by atoms with van der Waals surface area (Å²) in [6.07, 6.45) is 0.574. The Balaban J connectivity index is 2.31. The second kappa shape index (κ2) is 6.73. The molecule has 0 spiro atoms. The van der Waals surface area contributed by atoms with Crippen LogP contribution >= 0.6 is 0 Å². The number of hydrogen-bond donors (Lipinski definition) is 1. The summed E-state index contributed by atoms with van der Waals surface area (Å²) >= 11 is 0. The lowest BCUT2D eigenvalue weighted by molar-refractivity contribution is 0.233. The van der Waals surface area contributed by atoms with E-state index < -0.39 is 0 Å². The maximum atomic E-state index is 12.2. The SMILES string of the molecule is Cc1ccc(C#N)c(=O)n1-c1ccc(OCCCO)cc1. The van der Waals surface area contributed by atoms with Crippen molar-refractivity contribution in [2.24, 2.45) is 0 Å². The predicted molar refractivity (Wildman–Crippen MR) is 78.7 cm³/mol. The fraction of sp³-hybridized carbons (Fsp3) is 0.250. The highest BCUT2D eigenvalue weighted by atomic mass is 16.5. The summed E-state index contributed by atoms with van der Waals surface area (Å²) < 4.78 is 6.94. The van der Waals surface area contributed by atoms with Crippen LogP contribution in [-0.4, -0.2) is 22.9 Å². The molecule has 0 aliphatic heterocycles. The standard InChI is InChI=1S/C16H16N2O3/c1-12-3-4-13(11-17)16(20)18(12)14-5-7-15(8-6-14)21-10-2-9-19/h3-8,19H,2,9-10H2,1H3. The summed E-state index contributed by atoms with van der Waals surface area (Å²) in [5, 5.41) is 17.6. The monoisotopic (exact) mass is 284 g/mol. The summed E-state index contributed by atoms with van der Waals surface area (Å²) in [7, 11) is 0. The molecule has 21 heavy (non-hydrogen) atoms. The Morgan fingerprint density at radius 1 is 1.24 bits per heavy atom. The Morgan fingerprint density at radius 2 is 1.95 bits per heavy atom. The molecule has 1 heterocycles. The zero-order valence-electron chi connectivity index (χ0n) is 11.7. The predicted octanol–water partition coefficient (Wildman–Crippen LogP) is 1.78. The first-order valence-electron chi connectivity index (χ1n) is 6.64. The first-order valence-corrected chi connectivity index (χ1v) is 6.64. The van der Waals surface area contributed by atoms with E-state index in [4.69, 9.17) is 15.1 Å². The van der Waals surface area contributed by atoms with Gasteiger partial charge in [0.1, 0.15) is 17.4 Å². The van der Waals surface area contributed by atoms with Gasteiger partial charge in [0.15, 0.2) is 0 Å². The lowest BCUT2D eigenvalue weighted by atomic mass is 10.2. The molecule has 0 bridgehead atoms. The Morgan fingerprint density at radius 3 is 2.57 bits per heavy atom. The van der Waals surface area contributed by atoms with Crippen molar-refractivity contribution in [1.29, 1.82) is 5.26 Å². The molecular weight excluding hydrogens is 268 g/mol. The third-order valence-corrected chi connectivity index (χ3v) is 3.06. The normalized spacial score (nSPS) is 10.1. The zero-order valence-corrected chi connectivity index (χ0v) is 11.7. The molecule has 108 valence electrons. The summed E-state index contributed by atoms with van der Waals surface area (Å²) in [4.78, 5) is 12.2. The molecule has 0 aliphatic rings. The molecule has 0 saturated heterocycles. The van der Waals surface area contributed by atoms with Crippen molar-refractivity contribution in [1.82, 2.24) is 4.57 Å². The third-order valence-electron chi connectivity index (χ3n) is 3.06. The molecule has 1 N–H and O–H groups in total. The molecule has 2 rings (SSSR count). The molecule has 0 aliphatic carbocycles. The van der Waals surface area contributed by atoms with Crippen LogP contribution in [-0.2, 0) is 0 Å². The van der Waals surface area contributed by atoms with Gasteiger partial charge in [-0.3, -0.25) is 9.36 Å². The van der Waals surface area contributed by atoms with E-state index >= 15 is 0 Å². The molecule has 0 radical (unpaired) electrons. The number of rotatable bonds is 5. The van der Waals surface area contributed by atoms with Gasteiger partial charge in [0, 0.05) is 24.4 Å². The lowest BCUT2D eigenvalue weighted by Gasteiger charge is -2.11. The van der Waals surface area contributed by atoms with Gasteiger partial charge in [-0.05, 0) is 43.3 Å². The zero-order chi connectivity index (χ0) is 15.2. The summed E-state index contributed by atoms with van der Waals surface area (Å²) in [6, 6.07) is 12.2. The second-order valence-corrected chi connectivity index (χ2v) is 4.56. The van der Waals surface area contributed by atoms with Gasteiger partial charge in [0.05, 0.1) is 6.61 Å². The number of nitriles is 1. The lowest BCUT2D eigenvalue weighted by Crippen LogP contribution is -2.22. The van der Waals surface area contributed by atoms with Gasteiger partial charge in [-0.15, -0.1) is 0 Å². The number of hydrogen-bond acceptors (Lipinski definition) is 4. The van der Waals surface area contributed by atoms with Gasteiger partial charge >= 0.3 is 0 Å². The molecule has 5 nitrogen and oxygen atoms in total. The number of ether oxygens (including phenoxy) is 1. The van der Waals surface area contributed by atoms with E-state index in [1.54, 1.807) is 30.3 Å². The first kappa shape index (κ1) is 14.8. The Kier molecular flexibility index (Phi) is 4.75. The van der Waals surface area contributed by atoms with Crippen molar-refractivity contribution < 1.29 is 9.84 Å². The van der Waals surface area contributed by atoms with Crippen LogP contribution in [0.3, 0.4) is 0 Å². The quantitative estimate of drug-likeness (QED) is 0.849. The van der Waals surface area contributed by atoms with Gasteiger partial charge in [-0.25, -0.2) is 0 Å². The number of aliphatic hydroxyl groups excluding tert-OH is 1. The minimum absolute atomic E-state index is 0.0909. The maximum Gasteiger partial charge on any atom is 0.273 e. The maximum absolute atomic E-state index is 12.2. The topological polar surface area (TPSA) is 75.2 Å². The molecule has 5 heteroatoms. The minimum Gasteiger partial charge on any atom is -0.494 e. The van der Waals surface area contributed by atoms with Gasteiger partial charge < -0.3 is 9.84 Å². The van der Waals surface area contributed by atoms with E-state index in [2.05, 4.69) is 0 Å². The highest BCUT2D eigenvalue weighted by Crippen LogP contribution is 2.16. The van der Waals surface area contributed by atoms with Crippen molar-refractivity contribution >= 4 is 0 Å². The minimum atomic E-state index is -0.327. The molecule has 0 atom stereocenters. The van der Waals surface area contributed by atoms with E-state index in [0.29, 0.717) is 24.5 Å². The van der Waals surface area contributed by atoms with Crippen LogP contribution in [0.15, 0.2) is 41.2 Å². The number of aromatic nitrogens is 1. The second-order valence-electron chi connectivity index (χ2n) is 4.56. The van der Waals surface area contributed by atoms with Gasteiger partial charge in [0.2, 0.25) is 0 Å². The first-order chi connectivity index (χ1) is 10.2. The molecule has 1 aromatic heterocycles. The van der Waals surface area contributed by atoms with Crippen molar-refractivity contribution in [3.8, 4) is 17.5 Å². The average molecular weight is 284 g/mol. The van der Waals surface area contributed by atoms with Gasteiger partial charge in [0.25, 0.3) is 5.56 Å². The van der Waals surface area contributed by atoms with Crippen molar-refractivity contribution in [2.75, 3.05) is 13.2 Å². The van der Waals surface area contributed by atoms with E-state index in [-0.39, 0.29) is 17.7 Å². The number of pyridine rings is 1. The van der Waals surface area contributed by atoms with Crippen LogP contribution in [0.1, 0.15) is 17.7 Å². The number of nitrogens with zero attached hydrogens (tertiary/aromatic N) is 2. The van der Waals surface area contributed by atoms with Crippen LogP contribution in [0.4, 0.5) is 0 Å². The number of aliphatic hydroxyl groups is 1. The number of aryl methyl sites for hydroxylation is 1. The molecule has 0 fully saturated rings. The average Bonchev–Trinajstić information content (AvgIpc) is 2.49. The van der Waals surface area contributed by atoms with E-state index in [0.717, 1.165) is 5.69 Å². The fourth-order valence-electron chi connectivity index (χ4n) is 1.98. The number of benzene rings is 1. The largest absolute Gasteiger partial charge is 0.494 e. The highest BCUT2D eigenvalue weighted by molar-refractivity contribution is 5.41. The fourth-order valence-corrected chi connectivity index (χ4v) is 1.98. The Hall–Kier alpha value is -2.58. The van der Waals surface area contributed by atoms with Crippen LogP contribution in [0.25, 0.3) is 5.69 Å². The molecule has 0 amide bonds. The molecule has 0 saturated carbocycles. The molecule has 2 aromatic rings. The van der Waals surface area contributed by atoms with Gasteiger partial charge in [-0.2, -0.15) is 5.26 Å². The smallest absolute Gasteiger partial charge is 0.273 e. The Labute approximate surface area is 122 Å². The van der Waals surface area contributed by atoms with Crippen LogP contribution in [0.2, 0.25) is 0 Å². The Bertz CT molecular complexity index is 712. The van der Waals surface area contributed by atoms with Crippen molar-refractivity contribution in [3.05, 3.63) is 58.0 Å². The van der Waals surface area contributed by atoms with Crippen molar-refractivity contribution in [3.63, 3.8) is 0 Å². The molecular formula is C16H16N2O3. The van der Waals surface area contributed by atoms with Gasteiger partial charge in [-0.1, -0.05) is 0 Å². The van der Waals surface area contributed by atoms with Crippen molar-refractivity contribution in [2.45, 2.75) is 13.3 Å². The van der Waals surface area contributed by atoms with Crippen LogP contribution in [0, 0.1) is 18.3 Å².